The standard InChI is InChI=1S/C37H31N3OS/c1-2-3-21-39-23-26(28-15-8-9-18-32(28)39)22-33-36(41)40-35(30-17-10-13-24-11-4-6-14-27(24)30)31-20-19-25-12-5-7-16-29(25)34(31)38-37(40)42-33/h4-18,22-23,35H,2-3,19-21H2,1H3/b33-22-/t35-/m0/s1. The lowest BCUT2D eigenvalue weighted by Gasteiger charge is -2.31. The van der Waals surface area contributed by atoms with E-state index in [0.29, 0.717) is 0 Å². The van der Waals surface area contributed by atoms with Crippen molar-refractivity contribution in [2.75, 3.05) is 0 Å². The Morgan fingerprint density at radius 1 is 0.905 bits per heavy atom. The van der Waals surface area contributed by atoms with E-state index in [4.69, 9.17) is 4.99 Å². The molecule has 0 saturated heterocycles. The van der Waals surface area contributed by atoms with Crippen molar-refractivity contribution >= 4 is 44.8 Å². The minimum absolute atomic E-state index is 0.0347. The van der Waals surface area contributed by atoms with Crippen LogP contribution in [-0.2, 0) is 13.0 Å². The van der Waals surface area contributed by atoms with E-state index < -0.39 is 0 Å². The van der Waals surface area contributed by atoms with Crippen molar-refractivity contribution in [1.29, 1.82) is 0 Å². The number of rotatable bonds is 5. The predicted molar refractivity (Wildman–Crippen MR) is 174 cm³/mol. The Balaban J connectivity index is 1.39. The van der Waals surface area contributed by atoms with Gasteiger partial charge in [-0.25, -0.2) is 4.99 Å². The number of thiazole rings is 1. The number of allylic oxidation sites excluding steroid dienone is 1. The van der Waals surface area contributed by atoms with E-state index in [9.17, 15) is 4.79 Å². The van der Waals surface area contributed by atoms with Crippen LogP contribution in [0.15, 0.2) is 113 Å². The SMILES string of the molecule is CCCCn1cc(/C=c2\sc3n(c2=O)[C@@H](c2cccc4ccccc24)C2=C(N=3)c3ccccc3CC2)c2ccccc21. The number of aryl methyl sites for hydroxylation is 2. The molecule has 4 aromatic carbocycles. The molecule has 1 aliphatic heterocycles. The molecule has 4 nitrogen and oxygen atoms in total. The summed E-state index contributed by atoms with van der Waals surface area (Å²) in [7, 11) is 0. The minimum Gasteiger partial charge on any atom is -0.347 e. The van der Waals surface area contributed by atoms with E-state index in [1.807, 2.05) is 4.57 Å². The van der Waals surface area contributed by atoms with Crippen molar-refractivity contribution in [3.8, 4) is 0 Å². The number of hydrogen-bond acceptors (Lipinski definition) is 3. The zero-order valence-electron chi connectivity index (χ0n) is 23.6. The smallest absolute Gasteiger partial charge is 0.271 e. The third-order valence-electron chi connectivity index (χ3n) is 8.85. The fourth-order valence-electron chi connectivity index (χ4n) is 6.83. The lowest BCUT2D eigenvalue weighted by atomic mass is 9.82. The molecular weight excluding hydrogens is 534 g/mol. The Hall–Kier alpha value is -4.48. The van der Waals surface area contributed by atoms with E-state index in [1.165, 1.54) is 55.3 Å². The van der Waals surface area contributed by atoms with Crippen molar-refractivity contribution in [3.05, 3.63) is 145 Å². The molecule has 0 fully saturated rings. The van der Waals surface area contributed by atoms with Gasteiger partial charge in [-0.1, -0.05) is 110 Å². The second kappa shape index (κ2) is 10.1. The molecule has 0 saturated carbocycles. The molecule has 0 spiro atoms. The van der Waals surface area contributed by atoms with Crippen LogP contribution in [0.2, 0.25) is 0 Å². The van der Waals surface area contributed by atoms with Crippen LogP contribution >= 0.6 is 11.3 Å². The molecule has 42 heavy (non-hydrogen) atoms. The molecule has 6 aromatic rings. The average Bonchev–Trinajstić information content (AvgIpc) is 3.55. The Bertz CT molecular complexity index is 2220. The number of unbranched alkanes of at least 4 members (excludes halogenated alkanes) is 1. The summed E-state index contributed by atoms with van der Waals surface area (Å²) in [6.45, 7) is 3.19. The molecule has 2 aromatic heterocycles. The first-order chi connectivity index (χ1) is 20.7. The second-order valence-corrected chi connectivity index (χ2v) is 12.3. The van der Waals surface area contributed by atoms with Gasteiger partial charge >= 0.3 is 0 Å². The number of benzene rings is 4. The fraction of sp³-hybridized carbons (Fsp3) is 0.189. The zero-order chi connectivity index (χ0) is 28.2. The van der Waals surface area contributed by atoms with E-state index in [0.717, 1.165) is 52.8 Å². The molecule has 0 amide bonds. The molecule has 0 bridgehead atoms. The molecule has 5 heteroatoms. The van der Waals surface area contributed by atoms with Crippen molar-refractivity contribution in [2.24, 2.45) is 4.99 Å². The molecule has 3 heterocycles. The number of fused-ring (bicyclic) bond motifs is 5. The van der Waals surface area contributed by atoms with Gasteiger partial charge in [-0.05, 0) is 58.9 Å². The van der Waals surface area contributed by atoms with Crippen LogP contribution < -0.4 is 14.9 Å². The quantitative estimate of drug-likeness (QED) is 0.217. The van der Waals surface area contributed by atoms with E-state index in [1.54, 1.807) is 0 Å². The highest BCUT2D eigenvalue weighted by molar-refractivity contribution is 7.07. The van der Waals surface area contributed by atoms with Gasteiger partial charge in [-0.15, -0.1) is 0 Å². The van der Waals surface area contributed by atoms with Gasteiger partial charge in [-0.3, -0.25) is 9.36 Å². The Morgan fingerprint density at radius 3 is 2.60 bits per heavy atom. The highest BCUT2D eigenvalue weighted by Gasteiger charge is 2.33. The monoisotopic (exact) mass is 565 g/mol. The van der Waals surface area contributed by atoms with Gasteiger partial charge in [0.1, 0.15) is 0 Å². The van der Waals surface area contributed by atoms with Crippen LogP contribution in [0, 0.1) is 0 Å². The topological polar surface area (TPSA) is 39.3 Å². The van der Waals surface area contributed by atoms with Gasteiger partial charge in [0, 0.05) is 34.8 Å². The third-order valence-corrected chi connectivity index (χ3v) is 9.83. The Morgan fingerprint density at radius 2 is 1.69 bits per heavy atom. The van der Waals surface area contributed by atoms with Crippen LogP contribution in [0.5, 0.6) is 0 Å². The van der Waals surface area contributed by atoms with E-state index in [-0.39, 0.29) is 11.6 Å². The minimum atomic E-state index is -0.191. The molecule has 8 rings (SSSR count). The Kier molecular flexibility index (Phi) is 6.08. The van der Waals surface area contributed by atoms with Crippen molar-refractivity contribution < 1.29 is 0 Å². The number of hydrogen-bond donors (Lipinski definition) is 0. The molecule has 0 N–H and O–H groups in total. The van der Waals surface area contributed by atoms with Gasteiger partial charge in [0.2, 0.25) is 0 Å². The number of nitrogens with zero attached hydrogens (tertiary/aromatic N) is 3. The van der Waals surface area contributed by atoms with Crippen LogP contribution in [0.25, 0.3) is 33.4 Å². The van der Waals surface area contributed by atoms with E-state index >= 15 is 0 Å². The number of aromatic nitrogens is 2. The second-order valence-electron chi connectivity index (χ2n) is 11.3. The fourth-order valence-corrected chi connectivity index (χ4v) is 7.82. The summed E-state index contributed by atoms with van der Waals surface area (Å²) in [6, 6.07) is 31.9. The predicted octanol–water partition coefficient (Wildman–Crippen LogP) is 7.23. The van der Waals surface area contributed by atoms with Gasteiger partial charge < -0.3 is 4.57 Å². The number of para-hydroxylation sites is 1. The van der Waals surface area contributed by atoms with Crippen LogP contribution in [0.1, 0.15) is 54.5 Å². The first-order valence-corrected chi connectivity index (χ1v) is 15.7. The zero-order valence-corrected chi connectivity index (χ0v) is 24.4. The molecule has 1 aliphatic carbocycles. The first-order valence-electron chi connectivity index (χ1n) is 14.9. The Labute approximate surface area is 248 Å². The summed E-state index contributed by atoms with van der Waals surface area (Å²) in [5, 5.41) is 3.55. The van der Waals surface area contributed by atoms with Gasteiger partial charge in [0.15, 0.2) is 4.80 Å². The summed E-state index contributed by atoms with van der Waals surface area (Å²) in [5.41, 5.74) is 8.30. The highest BCUT2D eigenvalue weighted by Crippen LogP contribution is 2.42. The highest BCUT2D eigenvalue weighted by atomic mass is 32.1. The van der Waals surface area contributed by atoms with Gasteiger partial charge in [0.25, 0.3) is 5.56 Å². The largest absolute Gasteiger partial charge is 0.347 e. The maximum Gasteiger partial charge on any atom is 0.271 e. The lowest BCUT2D eigenvalue weighted by Crippen LogP contribution is -2.38. The average molecular weight is 566 g/mol. The van der Waals surface area contributed by atoms with Crippen LogP contribution in [0.3, 0.4) is 0 Å². The summed E-state index contributed by atoms with van der Waals surface area (Å²) in [6.07, 6.45) is 8.40. The molecule has 0 unspecified atom stereocenters. The molecule has 0 radical (unpaired) electrons. The summed E-state index contributed by atoms with van der Waals surface area (Å²) >= 11 is 1.51. The van der Waals surface area contributed by atoms with Gasteiger partial charge in [0.05, 0.1) is 16.3 Å². The van der Waals surface area contributed by atoms with Crippen LogP contribution in [0.4, 0.5) is 0 Å². The normalized spacial score (nSPS) is 16.4. The summed E-state index contributed by atoms with van der Waals surface area (Å²) < 4.78 is 5.03. The van der Waals surface area contributed by atoms with Crippen molar-refractivity contribution in [2.45, 2.75) is 45.2 Å². The molecule has 1 atom stereocenters. The third kappa shape index (κ3) is 3.95. The summed E-state index contributed by atoms with van der Waals surface area (Å²) in [5.74, 6) is 0. The first kappa shape index (κ1) is 25.2. The molecule has 206 valence electrons. The summed E-state index contributed by atoms with van der Waals surface area (Å²) in [4.78, 5) is 20.4. The molecular formula is C37H31N3OS. The maximum atomic E-state index is 14.4. The van der Waals surface area contributed by atoms with Gasteiger partial charge in [-0.2, -0.15) is 0 Å². The maximum absolute atomic E-state index is 14.4. The van der Waals surface area contributed by atoms with E-state index in [2.05, 4.69) is 115 Å². The van der Waals surface area contributed by atoms with Crippen molar-refractivity contribution in [3.63, 3.8) is 0 Å². The lowest BCUT2D eigenvalue weighted by molar-refractivity contribution is 0.588. The molecule has 2 aliphatic rings. The van der Waals surface area contributed by atoms with Crippen molar-refractivity contribution in [1.82, 2.24) is 9.13 Å². The van der Waals surface area contributed by atoms with Crippen LogP contribution in [-0.4, -0.2) is 9.13 Å².